The lowest BCUT2D eigenvalue weighted by Gasteiger charge is -2.38. The highest BCUT2D eigenvalue weighted by Gasteiger charge is 2.37. The molecule has 2 heterocycles. The van der Waals surface area contributed by atoms with Gasteiger partial charge in [0.25, 0.3) is 0 Å². The molecule has 0 spiro atoms. The second-order valence-electron chi connectivity index (χ2n) is 14.2. The number of esters is 1. The SMILES string of the molecule is O=C(CCCN1CCC(O)(c2ccc(Cl)cc2)CC1)c1ccc(F)cc1.O=C(OC1Cc2c(O)cc(O)cc2OC1c1ccc(O)c(O)c1)c1cc(O)c(O)c(O)c1. The number of halogens is 2. The molecule has 13 nitrogen and oxygen atoms in total. The number of rotatable bonds is 9. The molecule has 1 fully saturated rings. The largest absolute Gasteiger partial charge is 0.508 e. The molecule has 0 radical (unpaired) electrons. The number of phenolic OH excluding ortho intramolecular Hbond substituents is 7. The number of likely N-dealkylation sites (tertiary alicyclic amines) is 1. The molecule has 8 N–H and O–H groups in total. The summed E-state index contributed by atoms with van der Waals surface area (Å²) >= 11 is 5.92. The Hall–Kier alpha value is -6.22. The third-order valence-electron chi connectivity index (χ3n) is 10.2. The van der Waals surface area contributed by atoms with E-state index in [-0.39, 0.29) is 52.1 Å². The normalized spacial score (nSPS) is 17.2. The van der Waals surface area contributed by atoms with E-state index < -0.39 is 46.8 Å². The van der Waals surface area contributed by atoms with Gasteiger partial charge < -0.3 is 55.2 Å². The number of aromatic hydroxyl groups is 7. The highest BCUT2D eigenvalue weighted by Crippen LogP contribution is 2.44. The maximum atomic E-state index is 12.9. The monoisotopic (exact) mass is 817 g/mol. The average Bonchev–Trinajstić information content (AvgIpc) is 3.19. The molecule has 15 heteroatoms. The summed E-state index contributed by atoms with van der Waals surface area (Å²) in [5.41, 5.74) is 0.991. The molecule has 5 aromatic carbocycles. The van der Waals surface area contributed by atoms with Crippen LogP contribution < -0.4 is 4.74 Å². The van der Waals surface area contributed by atoms with Crippen LogP contribution in [0.15, 0.2) is 91.0 Å². The Morgan fingerprint density at radius 3 is 2.07 bits per heavy atom. The first-order chi connectivity index (χ1) is 27.6. The van der Waals surface area contributed by atoms with Crippen LogP contribution in [0, 0.1) is 5.82 Å². The zero-order valence-corrected chi connectivity index (χ0v) is 31.6. The van der Waals surface area contributed by atoms with Gasteiger partial charge in [0.2, 0.25) is 0 Å². The smallest absolute Gasteiger partial charge is 0.338 e. The Morgan fingerprint density at radius 2 is 1.43 bits per heavy atom. The number of nitrogens with zero attached hydrogens (tertiary/aromatic N) is 1. The van der Waals surface area contributed by atoms with Gasteiger partial charge in [0.15, 0.2) is 40.6 Å². The highest BCUT2D eigenvalue weighted by atomic mass is 35.5. The lowest BCUT2D eigenvalue weighted by Crippen LogP contribution is -2.42. The van der Waals surface area contributed by atoms with E-state index in [0.29, 0.717) is 35.4 Å². The Morgan fingerprint density at radius 1 is 0.776 bits per heavy atom. The molecule has 304 valence electrons. The zero-order valence-electron chi connectivity index (χ0n) is 30.9. The summed E-state index contributed by atoms with van der Waals surface area (Å²) in [5, 5.41) is 79.8. The van der Waals surface area contributed by atoms with Gasteiger partial charge in [-0.3, -0.25) is 4.79 Å². The fourth-order valence-corrected chi connectivity index (χ4v) is 7.04. The second-order valence-corrected chi connectivity index (χ2v) is 14.6. The van der Waals surface area contributed by atoms with Crippen LogP contribution in [0.3, 0.4) is 0 Å². The van der Waals surface area contributed by atoms with E-state index >= 15 is 0 Å². The van der Waals surface area contributed by atoms with Crippen molar-refractivity contribution in [2.75, 3.05) is 19.6 Å². The molecule has 2 unspecified atom stereocenters. The fraction of sp³-hybridized carbons (Fsp3) is 0.256. The van der Waals surface area contributed by atoms with Crippen LogP contribution in [-0.4, -0.2) is 83.2 Å². The minimum absolute atomic E-state index is 0.0414. The number of phenols is 7. The van der Waals surface area contributed by atoms with Gasteiger partial charge in [-0.1, -0.05) is 29.8 Å². The lowest BCUT2D eigenvalue weighted by molar-refractivity contribution is -0.0260. The summed E-state index contributed by atoms with van der Waals surface area (Å²) in [6, 6.07) is 21.2. The van der Waals surface area contributed by atoms with Crippen molar-refractivity contribution in [2.24, 2.45) is 0 Å². The molecule has 5 aromatic rings. The summed E-state index contributed by atoms with van der Waals surface area (Å²) < 4.78 is 24.3. The second kappa shape index (κ2) is 17.5. The minimum atomic E-state index is -1.06. The van der Waals surface area contributed by atoms with Crippen molar-refractivity contribution in [1.82, 2.24) is 4.90 Å². The average molecular weight is 818 g/mol. The van der Waals surface area contributed by atoms with Gasteiger partial charge in [-0.25, -0.2) is 9.18 Å². The van der Waals surface area contributed by atoms with Crippen LogP contribution in [0.1, 0.15) is 69.2 Å². The van der Waals surface area contributed by atoms with Gasteiger partial charge in [0, 0.05) is 59.8 Å². The third kappa shape index (κ3) is 9.65. The highest BCUT2D eigenvalue weighted by molar-refractivity contribution is 6.30. The first-order valence-electron chi connectivity index (χ1n) is 18.3. The van der Waals surface area contributed by atoms with Gasteiger partial charge in [-0.2, -0.15) is 0 Å². The zero-order chi connectivity index (χ0) is 41.7. The molecule has 0 bridgehead atoms. The van der Waals surface area contributed by atoms with Gasteiger partial charge in [0.05, 0.1) is 11.2 Å². The minimum Gasteiger partial charge on any atom is -0.508 e. The van der Waals surface area contributed by atoms with Crippen molar-refractivity contribution in [3.8, 4) is 46.0 Å². The molecular formula is C43H41ClFNO12. The Bertz CT molecular complexity index is 2250. The maximum Gasteiger partial charge on any atom is 0.338 e. The molecule has 0 saturated carbocycles. The van der Waals surface area contributed by atoms with Crippen LogP contribution >= 0.6 is 11.6 Å². The van der Waals surface area contributed by atoms with Crippen molar-refractivity contribution >= 4 is 23.4 Å². The van der Waals surface area contributed by atoms with Crippen LogP contribution in [0.5, 0.6) is 46.0 Å². The Kier molecular flexibility index (Phi) is 12.5. The molecule has 0 aromatic heterocycles. The number of Topliss-reactive ketones (excluding diaryl/α,β-unsaturated/α-hetero) is 1. The number of hydrogen-bond donors (Lipinski definition) is 8. The fourth-order valence-electron chi connectivity index (χ4n) is 6.92. The number of fused-ring (bicyclic) bond motifs is 1. The number of hydrogen-bond acceptors (Lipinski definition) is 13. The van der Waals surface area contributed by atoms with Crippen molar-refractivity contribution in [1.29, 1.82) is 0 Å². The first-order valence-corrected chi connectivity index (χ1v) is 18.7. The Labute approximate surface area is 337 Å². The molecule has 7 rings (SSSR count). The number of aliphatic hydroxyl groups is 1. The number of benzene rings is 5. The predicted octanol–water partition coefficient (Wildman–Crippen LogP) is 6.95. The molecule has 58 heavy (non-hydrogen) atoms. The number of piperidine rings is 1. The molecule has 0 amide bonds. The van der Waals surface area contributed by atoms with Crippen LogP contribution in [0.25, 0.3) is 0 Å². The number of ether oxygens (including phenoxy) is 2. The van der Waals surface area contributed by atoms with Crippen molar-refractivity contribution in [3.05, 3.63) is 130 Å². The van der Waals surface area contributed by atoms with Crippen LogP contribution in [0.2, 0.25) is 5.02 Å². The first kappa shape index (κ1) is 41.4. The summed E-state index contributed by atoms with van der Waals surface area (Å²) in [7, 11) is 0. The maximum absolute atomic E-state index is 12.9. The molecule has 2 aliphatic rings. The predicted molar refractivity (Wildman–Crippen MR) is 208 cm³/mol. The van der Waals surface area contributed by atoms with E-state index in [4.69, 9.17) is 21.1 Å². The van der Waals surface area contributed by atoms with Crippen molar-refractivity contribution in [2.45, 2.75) is 49.9 Å². The summed E-state index contributed by atoms with van der Waals surface area (Å²) in [4.78, 5) is 27.1. The molecule has 2 aliphatic heterocycles. The van der Waals surface area contributed by atoms with Gasteiger partial charge in [-0.05, 0) is 92.0 Å². The van der Waals surface area contributed by atoms with Crippen molar-refractivity contribution in [3.63, 3.8) is 0 Å². The molecule has 0 aliphatic carbocycles. The number of carbonyl (C=O) groups is 2. The van der Waals surface area contributed by atoms with Gasteiger partial charge in [-0.15, -0.1) is 0 Å². The number of carbonyl (C=O) groups excluding carboxylic acids is 2. The topological polar surface area (TPSA) is 218 Å². The van der Waals surface area contributed by atoms with Gasteiger partial charge >= 0.3 is 5.97 Å². The van der Waals surface area contributed by atoms with E-state index in [0.717, 1.165) is 49.8 Å². The molecule has 2 atom stereocenters. The van der Waals surface area contributed by atoms with Crippen LogP contribution in [0.4, 0.5) is 4.39 Å². The molecule has 1 saturated heterocycles. The summed E-state index contributed by atoms with van der Waals surface area (Å²) in [5.74, 6) is -4.72. The summed E-state index contributed by atoms with van der Waals surface area (Å²) in [6.45, 7) is 2.41. The van der Waals surface area contributed by atoms with Gasteiger partial charge in [0.1, 0.15) is 29.2 Å². The number of ketones is 1. The van der Waals surface area contributed by atoms with Crippen LogP contribution in [-0.2, 0) is 16.8 Å². The van der Waals surface area contributed by atoms with E-state index in [2.05, 4.69) is 4.90 Å². The standard InChI is InChI=1S/C22H18O10.C21H23ClFNO2/c23-11-6-14(25)12-8-19(32-22(30)10-4-16(27)20(29)17(28)5-10)21(31-18(12)7-11)9-1-2-13(24)15(26)3-9;22-18-7-5-17(6-8-18)21(26)11-14-24(15-12-21)13-1-2-20(25)16-3-9-19(23)10-4-16/h1-7,19,21,23-29H,8H2;3-10,26H,1-2,11-15H2. The van der Waals surface area contributed by atoms with E-state index in [1.807, 2.05) is 24.3 Å². The third-order valence-corrected chi connectivity index (χ3v) is 10.4. The Balaban J connectivity index is 0.000000200. The quantitative estimate of drug-likeness (QED) is 0.0430. The van der Waals surface area contributed by atoms with E-state index in [1.54, 1.807) is 0 Å². The lowest BCUT2D eigenvalue weighted by atomic mass is 9.84. The van der Waals surface area contributed by atoms with E-state index in [1.165, 1.54) is 48.5 Å². The van der Waals surface area contributed by atoms with E-state index in [9.17, 15) is 54.8 Å². The van der Waals surface area contributed by atoms with Crippen molar-refractivity contribution < 1.29 is 64.3 Å². The summed E-state index contributed by atoms with van der Waals surface area (Å²) in [6.07, 6.45) is 0.418. The molecular weight excluding hydrogens is 777 g/mol.